The zero-order valence-corrected chi connectivity index (χ0v) is 14.1. The topological polar surface area (TPSA) is 76.0 Å². The Morgan fingerprint density at radius 1 is 1.38 bits per heavy atom. The molecule has 2 N–H and O–H groups in total. The van der Waals surface area contributed by atoms with Gasteiger partial charge in [-0.3, -0.25) is 14.3 Å². The summed E-state index contributed by atoms with van der Waals surface area (Å²) < 4.78 is 1.53. The lowest BCUT2D eigenvalue weighted by molar-refractivity contribution is -0.122. The molecule has 1 saturated carbocycles. The molecule has 0 aliphatic heterocycles. The second-order valence-electron chi connectivity index (χ2n) is 5.85. The molecule has 2 aromatic rings. The molecular weight excluding hydrogens is 324 g/mol. The minimum atomic E-state index is -0.226. The number of rotatable bonds is 6. The Bertz CT molecular complexity index is 715. The van der Waals surface area contributed by atoms with Crippen LogP contribution in [0.3, 0.4) is 0 Å². The van der Waals surface area contributed by atoms with Crippen molar-refractivity contribution >= 4 is 34.9 Å². The van der Waals surface area contributed by atoms with Crippen molar-refractivity contribution in [1.82, 2.24) is 15.1 Å². The minimum Gasteiger partial charge on any atom is -0.352 e. The van der Waals surface area contributed by atoms with Gasteiger partial charge in [-0.2, -0.15) is 16.4 Å². The summed E-state index contributed by atoms with van der Waals surface area (Å²) in [6, 6.07) is 2.24. The van der Waals surface area contributed by atoms with Crippen LogP contribution in [-0.4, -0.2) is 27.6 Å². The minimum absolute atomic E-state index is 0.0415. The fourth-order valence-electron chi connectivity index (χ4n) is 2.73. The molecule has 0 spiro atoms. The monoisotopic (exact) mass is 344 g/mol. The van der Waals surface area contributed by atoms with Crippen LogP contribution in [0.1, 0.15) is 31.2 Å². The van der Waals surface area contributed by atoms with Crippen molar-refractivity contribution in [3.05, 3.63) is 40.9 Å². The Labute approximate surface area is 144 Å². The van der Waals surface area contributed by atoms with E-state index >= 15 is 0 Å². The highest BCUT2D eigenvalue weighted by atomic mass is 32.1. The van der Waals surface area contributed by atoms with Crippen LogP contribution in [0.15, 0.2) is 35.3 Å². The zero-order chi connectivity index (χ0) is 16.8. The Morgan fingerprint density at radius 2 is 2.21 bits per heavy atom. The maximum atomic E-state index is 12.0. The number of anilines is 1. The molecule has 0 aromatic carbocycles. The second kappa shape index (κ2) is 7.92. The quantitative estimate of drug-likeness (QED) is 0.791. The standard InChI is InChI=1S/C17H20N4O2S/c22-16(6-5-13-7-8-24-12-13)20-15-9-18-21(10-15)11-17(23)19-14-3-1-2-4-14/h5-10,12,14H,1-4,11H2,(H,19,23)(H,20,22)/b6-5-. The first-order valence-electron chi connectivity index (χ1n) is 8.02. The summed E-state index contributed by atoms with van der Waals surface area (Å²) in [6.45, 7) is 0.164. The molecule has 7 heteroatoms. The number of amides is 2. The third-order valence-electron chi connectivity index (χ3n) is 3.90. The Morgan fingerprint density at radius 3 is 2.96 bits per heavy atom. The van der Waals surface area contributed by atoms with Crippen molar-refractivity contribution in [2.45, 2.75) is 38.3 Å². The van der Waals surface area contributed by atoms with Crippen molar-refractivity contribution in [3.8, 4) is 0 Å². The predicted molar refractivity (Wildman–Crippen MR) is 94.6 cm³/mol. The van der Waals surface area contributed by atoms with Gasteiger partial charge in [-0.25, -0.2) is 0 Å². The van der Waals surface area contributed by atoms with Crippen LogP contribution in [0.2, 0.25) is 0 Å². The maximum absolute atomic E-state index is 12.0. The van der Waals surface area contributed by atoms with Crippen LogP contribution >= 0.6 is 11.3 Å². The summed E-state index contributed by atoms with van der Waals surface area (Å²) in [5.74, 6) is -0.267. The molecule has 2 aromatic heterocycles. The molecule has 126 valence electrons. The molecule has 0 unspecified atom stereocenters. The van der Waals surface area contributed by atoms with E-state index in [-0.39, 0.29) is 18.4 Å². The molecule has 1 aliphatic rings. The average Bonchev–Trinajstić information content (AvgIpc) is 3.28. The lowest BCUT2D eigenvalue weighted by Crippen LogP contribution is -2.35. The van der Waals surface area contributed by atoms with Crippen molar-refractivity contribution in [1.29, 1.82) is 0 Å². The lowest BCUT2D eigenvalue weighted by atomic mass is 10.2. The highest BCUT2D eigenvalue weighted by molar-refractivity contribution is 7.08. The van der Waals surface area contributed by atoms with E-state index < -0.39 is 0 Å². The highest BCUT2D eigenvalue weighted by Crippen LogP contribution is 2.17. The smallest absolute Gasteiger partial charge is 0.248 e. The van der Waals surface area contributed by atoms with Crippen LogP contribution in [0.5, 0.6) is 0 Å². The summed E-state index contributed by atoms with van der Waals surface area (Å²) in [6.07, 6.45) is 10.9. The van der Waals surface area contributed by atoms with Crippen molar-refractivity contribution in [3.63, 3.8) is 0 Å². The highest BCUT2D eigenvalue weighted by Gasteiger charge is 2.17. The molecular formula is C17H20N4O2S. The molecule has 3 rings (SSSR count). The van der Waals surface area contributed by atoms with Gasteiger partial charge in [-0.1, -0.05) is 12.8 Å². The Hall–Kier alpha value is -2.41. The van der Waals surface area contributed by atoms with Crippen molar-refractivity contribution in [2.24, 2.45) is 0 Å². The molecule has 2 amide bonds. The number of aromatic nitrogens is 2. The van der Waals surface area contributed by atoms with Gasteiger partial charge in [0.15, 0.2) is 0 Å². The maximum Gasteiger partial charge on any atom is 0.248 e. The molecule has 24 heavy (non-hydrogen) atoms. The first kappa shape index (κ1) is 16.4. The van der Waals surface area contributed by atoms with E-state index in [1.54, 1.807) is 29.8 Å². The zero-order valence-electron chi connectivity index (χ0n) is 13.3. The van der Waals surface area contributed by atoms with E-state index in [0.717, 1.165) is 18.4 Å². The number of hydrogen-bond donors (Lipinski definition) is 2. The lowest BCUT2D eigenvalue weighted by Gasteiger charge is -2.11. The number of thiophene rings is 1. The van der Waals surface area contributed by atoms with Gasteiger partial charge in [-0.05, 0) is 41.3 Å². The predicted octanol–water partition coefficient (Wildman–Crippen LogP) is 2.66. The van der Waals surface area contributed by atoms with E-state index in [1.165, 1.54) is 23.6 Å². The fourth-order valence-corrected chi connectivity index (χ4v) is 3.36. The second-order valence-corrected chi connectivity index (χ2v) is 6.63. The van der Waals surface area contributed by atoms with E-state index in [2.05, 4.69) is 15.7 Å². The molecule has 6 nitrogen and oxygen atoms in total. The first-order valence-corrected chi connectivity index (χ1v) is 8.96. The van der Waals surface area contributed by atoms with Crippen LogP contribution in [-0.2, 0) is 16.1 Å². The molecule has 0 atom stereocenters. The largest absolute Gasteiger partial charge is 0.352 e. The summed E-state index contributed by atoms with van der Waals surface area (Å²) in [4.78, 5) is 23.8. The molecule has 1 fully saturated rings. The molecule has 0 bridgehead atoms. The summed E-state index contributed by atoms with van der Waals surface area (Å²) in [5, 5.41) is 13.8. The van der Waals surface area contributed by atoms with Crippen LogP contribution in [0.4, 0.5) is 5.69 Å². The molecule has 1 aliphatic carbocycles. The van der Waals surface area contributed by atoms with Gasteiger partial charge in [0.1, 0.15) is 6.54 Å². The van der Waals surface area contributed by atoms with Gasteiger partial charge < -0.3 is 10.6 Å². The van der Waals surface area contributed by atoms with Gasteiger partial charge in [0.25, 0.3) is 0 Å². The normalized spacial score (nSPS) is 15.0. The Kier molecular flexibility index (Phi) is 5.43. The third-order valence-corrected chi connectivity index (χ3v) is 4.60. The number of hydrogen-bond acceptors (Lipinski definition) is 4. The van der Waals surface area contributed by atoms with Crippen LogP contribution < -0.4 is 10.6 Å². The number of nitrogens with zero attached hydrogens (tertiary/aromatic N) is 2. The Balaban J connectivity index is 1.47. The number of carbonyl (C=O) groups excluding carboxylic acids is 2. The van der Waals surface area contributed by atoms with Gasteiger partial charge in [0.05, 0.1) is 11.9 Å². The first-order chi connectivity index (χ1) is 11.7. The molecule has 0 radical (unpaired) electrons. The SMILES string of the molecule is O=C(/C=C\c1ccsc1)Nc1cnn(CC(=O)NC2CCCC2)c1. The van der Waals surface area contributed by atoms with Crippen LogP contribution in [0, 0.1) is 0 Å². The molecule has 2 heterocycles. The van der Waals surface area contributed by atoms with E-state index in [4.69, 9.17) is 0 Å². The van der Waals surface area contributed by atoms with Gasteiger partial charge in [0, 0.05) is 18.3 Å². The van der Waals surface area contributed by atoms with Gasteiger partial charge in [0.2, 0.25) is 11.8 Å². The number of nitrogens with one attached hydrogen (secondary N) is 2. The molecule has 0 saturated heterocycles. The van der Waals surface area contributed by atoms with Gasteiger partial charge in [-0.15, -0.1) is 0 Å². The fraction of sp³-hybridized carbons (Fsp3) is 0.353. The van der Waals surface area contributed by atoms with Crippen LogP contribution in [0.25, 0.3) is 6.08 Å². The van der Waals surface area contributed by atoms with Crippen molar-refractivity contribution < 1.29 is 9.59 Å². The van der Waals surface area contributed by atoms with E-state index in [9.17, 15) is 9.59 Å². The summed E-state index contributed by atoms with van der Waals surface area (Å²) in [5.41, 5.74) is 1.57. The third kappa shape index (κ3) is 4.79. The van der Waals surface area contributed by atoms with Gasteiger partial charge >= 0.3 is 0 Å². The van der Waals surface area contributed by atoms with Crippen molar-refractivity contribution in [2.75, 3.05) is 5.32 Å². The summed E-state index contributed by atoms with van der Waals surface area (Å²) in [7, 11) is 0. The van der Waals surface area contributed by atoms with E-state index in [1.807, 2.05) is 16.8 Å². The summed E-state index contributed by atoms with van der Waals surface area (Å²) >= 11 is 1.58. The number of carbonyl (C=O) groups is 2. The van der Waals surface area contributed by atoms with E-state index in [0.29, 0.717) is 11.7 Å². The average molecular weight is 344 g/mol.